The van der Waals surface area contributed by atoms with Crippen molar-refractivity contribution in [2.24, 2.45) is 0 Å². The Morgan fingerprint density at radius 3 is 2.48 bits per heavy atom. The van der Waals surface area contributed by atoms with Crippen molar-refractivity contribution < 1.29 is 18.7 Å². The van der Waals surface area contributed by atoms with Gasteiger partial charge in [-0.25, -0.2) is 18.7 Å². The molecule has 2 aromatic heterocycles. The Bertz CT molecular complexity index is 1230. The van der Waals surface area contributed by atoms with Gasteiger partial charge in [0.05, 0.1) is 0 Å². The minimum Gasteiger partial charge on any atom is -0.396 e. The first-order valence-corrected chi connectivity index (χ1v) is 10.3. The summed E-state index contributed by atoms with van der Waals surface area (Å²) in [4.78, 5) is 21.4. The van der Waals surface area contributed by atoms with E-state index in [9.17, 15) is 14.3 Å². The van der Waals surface area contributed by atoms with Gasteiger partial charge in [-0.05, 0) is 42.8 Å². The van der Waals surface area contributed by atoms with Crippen molar-refractivity contribution in [2.75, 3.05) is 6.61 Å². The minimum atomic E-state index is -0.647. The number of halogens is 2. The molecule has 9 heteroatoms. The fourth-order valence-electron chi connectivity index (χ4n) is 3.50. The molecule has 0 aliphatic rings. The van der Waals surface area contributed by atoms with Crippen LogP contribution in [0, 0.1) is 11.6 Å². The van der Waals surface area contributed by atoms with Gasteiger partial charge in [0, 0.05) is 48.2 Å². The quantitative estimate of drug-likeness (QED) is 0.382. The SMILES string of the molecule is O=C(N[C@@H](CCO)Cc1ncccn1)c1ccccc1-c1n[nH]c(-c2ccc(F)cc2)c1F. The van der Waals surface area contributed by atoms with Crippen molar-refractivity contribution in [2.45, 2.75) is 18.9 Å². The second-order valence-electron chi connectivity index (χ2n) is 7.37. The number of nitrogens with one attached hydrogen (secondary N) is 2. The summed E-state index contributed by atoms with van der Waals surface area (Å²) in [6, 6.07) is 13.2. The highest BCUT2D eigenvalue weighted by Gasteiger charge is 2.23. The van der Waals surface area contributed by atoms with E-state index in [1.165, 1.54) is 24.3 Å². The highest BCUT2D eigenvalue weighted by atomic mass is 19.1. The van der Waals surface area contributed by atoms with Gasteiger partial charge in [-0.2, -0.15) is 5.10 Å². The second kappa shape index (κ2) is 10.1. The predicted octanol–water partition coefficient (Wildman–Crippen LogP) is 3.54. The molecule has 0 aliphatic carbocycles. The molecule has 1 atom stereocenters. The average molecular weight is 449 g/mol. The van der Waals surface area contributed by atoms with E-state index in [4.69, 9.17) is 0 Å². The molecule has 0 aliphatic heterocycles. The lowest BCUT2D eigenvalue weighted by Crippen LogP contribution is -2.37. The Labute approximate surface area is 188 Å². The van der Waals surface area contributed by atoms with Gasteiger partial charge in [0.25, 0.3) is 5.91 Å². The van der Waals surface area contributed by atoms with Gasteiger partial charge in [0.15, 0.2) is 5.82 Å². The number of aromatic amines is 1. The van der Waals surface area contributed by atoms with Gasteiger partial charge in [-0.15, -0.1) is 0 Å². The number of hydrogen-bond acceptors (Lipinski definition) is 5. The standard InChI is InChI=1S/C24H21F2N5O2/c25-16-8-6-15(7-9-16)22-21(26)23(31-30-22)18-4-1-2-5-19(18)24(33)29-17(10-13-32)14-20-27-11-3-12-28-20/h1-9,11-12,17,32H,10,13-14H2,(H,29,33)(H,30,31)/t17-/m0/s1. The van der Waals surface area contributed by atoms with Gasteiger partial charge < -0.3 is 10.4 Å². The largest absolute Gasteiger partial charge is 0.396 e. The topological polar surface area (TPSA) is 104 Å². The number of aliphatic hydroxyl groups excluding tert-OH is 1. The van der Waals surface area contributed by atoms with Gasteiger partial charge in [0.1, 0.15) is 23.0 Å². The number of nitrogens with zero attached hydrogens (tertiary/aromatic N) is 3. The average Bonchev–Trinajstić information content (AvgIpc) is 3.21. The third-order valence-electron chi connectivity index (χ3n) is 5.13. The van der Waals surface area contributed by atoms with Crippen LogP contribution in [0.4, 0.5) is 8.78 Å². The zero-order valence-corrected chi connectivity index (χ0v) is 17.5. The van der Waals surface area contributed by atoms with Crippen molar-refractivity contribution in [1.29, 1.82) is 0 Å². The second-order valence-corrected chi connectivity index (χ2v) is 7.37. The molecule has 0 radical (unpaired) electrons. The van der Waals surface area contributed by atoms with E-state index in [1.807, 2.05) is 0 Å². The maximum atomic E-state index is 15.2. The van der Waals surface area contributed by atoms with Crippen LogP contribution < -0.4 is 5.32 Å². The number of aliphatic hydroxyl groups is 1. The number of hydrogen-bond donors (Lipinski definition) is 3. The normalized spacial score (nSPS) is 11.8. The molecule has 2 heterocycles. The molecule has 168 valence electrons. The lowest BCUT2D eigenvalue weighted by atomic mass is 10.0. The summed E-state index contributed by atoms with van der Waals surface area (Å²) in [6.07, 6.45) is 3.85. The molecule has 7 nitrogen and oxygen atoms in total. The van der Waals surface area contributed by atoms with Crippen LogP contribution >= 0.6 is 0 Å². The van der Waals surface area contributed by atoms with Crippen LogP contribution in [0.2, 0.25) is 0 Å². The minimum absolute atomic E-state index is 0.0230. The lowest BCUT2D eigenvalue weighted by Gasteiger charge is -2.18. The molecule has 4 aromatic rings. The molecule has 33 heavy (non-hydrogen) atoms. The van der Waals surface area contributed by atoms with Crippen LogP contribution in [0.25, 0.3) is 22.5 Å². The van der Waals surface area contributed by atoms with Crippen LogP contribution in [0.3, 0.4) is 0 Å². The van der Waals surface area contributed by atoms with Crippen LogP contribution in [-0.2, 0) is 6.42 Å². The Morgan fingerprint density at radius 2 is 1.76 bits per heavy atom. The van der Waals surface area contributed by atoms with Crippen molar-refractivity contribution in [3.63, 3.8) is 0 Å². The molecular formula is C24H21F2N5O2. The van der Waals surface area contributed by atoms with Gasteiger partial charge in [-0.3, -0.25) is 9.89 Å². The Balaban J connectivity index is 1.61. The third-order valence-corrected chi connectivity index (χ3v) is 5.13. The van der Waals surface area contributed by atoms with E-state index in [2.05, 4.69) is 25.5 Å². The molecule has 0 bridgehead atoms. The Hall–Kier alpha value is -3.98. The van der Waals surface area contributed by atoms with Crippen LogP contribution in [-0.4, -0.2) is 43.8 Å². The maximum Gasteiger partial charge on any atom is 0.252 e. The van der Waals surface area contributed by atoms with E-state index in [0.29, 0.717) is 29.8 Å². The van der Waals surface area contributed by atoms with E-state index in [-0.39, 0.29) is 23.6 Å². The van der Waals surface area contributed by atoms with E-state index in [0.717, 1.165) is 0 Å². The molecule has 0 spiro atoms. The number of rotatable bonds is 8. The van der Waals surface area contributed by atoms with Crippen LogP contribution in [0.5, 0.6) is 0 Å². The van der Waals surface area contributed by atoms with Crippen molar-refractivity contribution >= 4 is 5.91 Å². The molecule has 1 amide bonds. The fourth-order valence-corrected chi connectivity index (χ4v) is 3.50. The van der Waals surface area contributed by atoms with Crippen molar-refractivity contribution in [3.8, 4) is 22.5 Å². The third kappa shape index (κ3) is 5.09. The molecule has 0 saturated carbocycles. The summed E-state index contributed by atoms with van der Waals surface area (Å²) in [5.41, 5.74) is 1.03. The first kappa shape index (κ1) is 22.2. The number of carbonyl (C=O) groups excluding carboxylic acids is 1. The Kier molecular flexibility index (Phi) is 6.80. The molecule has 0 unspecified atom stereocenters. The zero-order chi connectivity index (χ0) is 23.2. The van der Waals surface area contributed by atoms with E-state index < -0.39 is 23.6 Å². The van der Waals surface area contributed by atoms with Gasteiger partial charge in [-0.1, -0.05) is 18.2 Å². The fraction of sp³-hybridized carbons (Fsp3) is 0.167. The molecular weight excluding hydrogens is 428 g/mol. The molecule has 3 N–H and O–H groups in total. The summed E-state index contributed by atoms with van der Waals surface area (Å²) in [7, 11) is 0. The maximum absolute atomic E-state index is 15.2. The molecule has 0 fully saturated rings. The van der Waals surface area contributed by atoms with Crippen LogP contribution in [0.15, 0.2) is 67.0 Å². The summed E-state index contributed by atoms with van der Waals surface area (Å²) in [5, 5.41) is 19.0. The van der Waals surface area contributed by atoms with E-state index >= 15 is 4.39 Å². The summed E-state index contributed by atoms with van der Waals surface area (Å²) >= 11 is 0. The molecule has 2 aromatic carbocycles. The highest BCUT2D eigenvalue weighted by molar-refractivity contribution is 6.00. The van der Waals surface area contributed by atoms with Crippen LogP contribution in [0.1, 0.15) is 22.6 Å². The van der Waals surface area contributed by atoms with Gasteiger partial charge >= 0.3 is 0 Å². The van der Waals surface area contributed by atoms with Gasteiger partial charge in [0.2, 0.25) is 0 Å². The van der Waals surface area contributed by atoms with E-state index in [1.54, 1.807) is 42.7 Å². The summed E-state index contributed by atoms with van der Waals surface area (Å²) < 4.78 is 28.5. The number of H-pyrrole nitrogens is 1. The molecule has 0 saturated heterocycles. The van der Waals surface area contributed by atoms with Crippen molar-refractivity contribution in [1.82, 2.24) is 25.5 Å². The lowest BCUT2D eigenvalue weighted by molar-refractivity contribution is 0.0930. The number of aromatic nitrogens is 4. The summed E-state index contributed by atoms with van der Waals surface area (Å²) in [6.45, 7) is -0.131. The van der Waals surface area contributed by atoms with Crippen molar-refractivity contribution in [3.05, 3.63) is 90.0 Å². The molecule has 4 rings (SSSR count). The predicted molar refractivity (Wildman–Crippen MR) is 118 cm³/mol. The smallest absolute Gasteiger partial charge is 0.252 e. The highest BCUT2D eigenvalue weighted by Crippen LogP contribution is 2.30. The zero-order valence-electron chi connectivity index (χ0n) is 17.5. The summed E-state index contributed by atoms with van der Waals surface area (Å²) in [5.74, 6) is -0.983. The Morgan fingerprint density at radius 1 is 1.03 bits per heavy atom. The number of carbonyl (C=O) groups is 1. The first-order valence-electron chi connectivity index (χ1n) is 10.3. The number of benzene rings is 2. The number of amides is 1. The monoisotopic (exact) mass is 449 g/mol. The first-order chi connectivity index (χ1) is 16.1.